The fourth-order valence-electron chi connectivity index (χ4n) is 2.20. The Kier molecular flexibility index (Phi) is 7.60. The number of ether oxygens (including phenoxy) is 2. The van der Waals surface area contributed by atoms with Crippen molar-refractivity contribution in [2.45, 2.75) is 13.0 Å². The number of rotatable bonds is 8. The Morgan fingerprint density at radius 3 is 2.36 bits per heavy atom. The lowest BCUT2D eigenvalue weighted by Gasteiger charge is -2.18. The van der Waals surface area contributed by atoms with E-state index in [4.69, 9.17) is 9.47 Å². The zero-order valence-corrected chi connectivity index (χ0v) is 16.1. The van der Waals surface area contributed by atoms with Crippen LogP contribution in [0.3, 0.4) is 0 Å². The van der Waals surface area contributed by atoms with E-state index in [1.54, 1.807) is 19.1 Å². The highest BCUT2D eigenvalue weighted by Gasteiger charge is 2.08. The second kappa shape index (κ2) is 9.93. The first-order chi connectivity index (χ1) is 12.1. The molecule has 0 radical (unpaired) electrons. The largest absolute Gasteiger partial charge is 0.497 e. The van der Waals surface area contributed by atoms with Crippen molar-refractivity contribution in [1.82, 2.24) is 10.2 Å². The average Bonchev–Trinajstić information content (AvgIpc) is 2.63. The Morgan fingerprint density at radius 2 is 1.72 bits per heavy atom. The molecular formula is C19H23BrN2O3. The molecule has 0 aliphatic heterocycles. The van der Waals surface area contributed by atoms with Crippen LogP contribution in [0.2, 0.25) is 0 Å². The average molecular weight is 407 g/mol. The van der Waals surface area contributed by atoms with Gasteiger partial charge in [0.2, 0.25) is 0 Å². The minimum atomic E-state index is -0.0904. The minimum absolute atomic E-state index is 0.0904. The van der Waals surface area contributed by atoms with Gasteiger partial charge in [0.1, 0.15) is 11.5 Å². The van der Waals surface area contributed by atoms with Crippen LogP contribution in [-0.2, 0) is 6.54 Å². The summed E-state index contributed by atoms with van der Waals surface area (Å²) in [7, 11) is 3.41. The maximum Gasteiger partial charge on any atom is 0.317 e. The third-order valence-electron chi connectivity index (χ3n) is 3.61. The number of nitrogens with one attached hydrogen (secondary N) is 1. The quantitative estimate of drug-likeness (QED) is 0.672. The van der Waals surface area contributed by atoms with E-state index >= 15 is 0 Å². The molecule has 0 fully saturated rings. The van der Waals surface area contributed by atoms with Gasteiger partial charge >= 0.3 is 6.03 Å². The molecule has 2 aromatic carbocycles. The summed E-state index contributed by atoms with van der Waals surface area (Å²) in [6.45, 7) is 1.68. The minimum Gasteiger partial charge on any atom is -0.497 e. The molecule has 0 aliphatic carbocycles. The van der Waals surface area contributed by atoms with Crippen LogP contribution >= 0.6 is 15.9 Å². The molecule has 5 nitrogen and oxygen atoms in total. The Morgan fingerprint density at radius 1 is 1.08 bits per heavy atom. The number of nitrogens with zero attached hydrogens (tertiary/aromatic N) is 1. The molecule has 0 heterocycles. The van der Waals surface area contributed by atoms with E-state index in [-0.39, 0.29) is 6.03 Å². The molecule has 2 aromatic rings. The maximum absolute atomic E-state index is 12.1. The third-order valence-corrected chi connectivity index (χ3v) is 4.13. The third kappa shape index (κ3) is 6.66. The highest BCUT2D eigenvalue weighted by molar-refractivity contribution is 9.10. The van der Waals surface area contributed by atoms with Gasteiger partial charge < -0.3 is 19.7 Å². The van der Waals surface area contributed by atoms with Gasteiger partial charge in [-0.05, 0) is 48.4 Å². The van der Waals surface area contributed by atoms with E-state index in [1.165, 1.54) is 0 Å². The number of carbonyl (C=O) groups excluding carboxylic acids is 1. The van der Waals surface area contributed by atoms with Gasteiger partial charge in [-0.25, -0.2) is 4.79 Å². The van der Waals surface area contributed by atoms with Crippen LogP contribution in [0.25, 0.3) is 0 Å². The summed E-state index contributed by atoms with van der Waals surface area (Å²) in [6.07, 6.45) is 0.740. The Bertz CT molecular complexity index is 659. The monoisotopic (exact) mass is 406 g/mol. The van der Waals surface area contributed by atoms with Crippen LogP contribution in [0.1, 0.15) is 12.0 Å². The van der Waals surface area contributed by atoms with E-state index in [9.17, 15) is 4.79 Å². The molecule has 0 spiro atoms. The van der Waals surface area contributed by atoms with Crippen LogP contribution < -0.4 is 14.8 Å². The topological polar surface area (TPSA) is 50.8 Å². The Hall–Kier alpha value is -2.21. The van der Waals surface area contributed by atoms with Gasteiger partial charge in [0.05, 0.1) is 13.7 Å². The molecule has 0 bridgehead atoms. The number of halogens is 1. The van der Waals surface area contributed by atoms with E-state index in [0.29, 0.717) is 19.7 Å². The summed E-state index contributed by atoms with van der Waals surface area (Å²) in [6, 6.07) is 15.3. The summed E-state index contributed by atoms with van der Waals surface area (Å²) in [5.74, 6) is 1.59. The van der Waals surface area contributed by atoms with Gasteiger partial charge in [0.25, 0.3) is 0 Å². The van der Waals surface area contributed by atoms with Crippen molar-refractivity contribution in [3.05, 3.63) is 58.6 Å². The smallest absolute Gasteiger partial charge is 0.317 e. The summed E-state index contributed by atoms with van der Waals surface area (Å²) >= 11 is 3.40. The molecule has 0 aliphatic rings. The lowest BCUT2D eigenvalue weighted by molar-refractivity contribution is 0.205. The van der Waals surface area contributed by atoms with Crippen LogP contribution in [0, 0.1) is 0 Å². The van der Waals surface area contributed by atoms with E-state index in [0.717, 1.165) is 28.0 Å². The molecule has 1 N–H and O–H groups in total. The Labute approximate surface area is 157 Å². The van der Waals surface area contributed by atoms with Gasteiger partial charge in [-0.15, -0.1) is 0 Å². The lowest BCUT2D eigenvalue weighted by atomic mass is 10.2. The number of urea groups is 1. The van der Waals surface area contributed by atoms with Crippen LogP contribution in [-0.4, -0.2) is 38.2 Å². The van der Waals surface area contributed by atoms with Crippen molar-refractivity contribution in [2.24, 2.45) is 0 Å². The number of methoxy groups -OCH3 is 1. The predicted octanol–water partition coefficient (Wildman–Crippen LogP) is 4.07. The van der Waals surface area contributed by atoms with Crippen molar-refractivity contribution in [3.63, 3.8) is 0 Å². The summed E-state index contributed by atoms with van der Waals surface area (Å²) in [5, 5.41) is 2.90. The zero-order chi connectivity index (χ0) is 18.1. The van der Waals surface area contributed by atoms with Crippen LogP contribution in [0.15, 0.2) is 53.0 Å². The molecular weight excluding hydrogens is 384 g/mol. The number of benzene rings is 2. The Balaban J connectivity index is 1.63. The van der Waals surface area contributed by atoms with Crippen molar-refractivity contribution in [1.29, 1.82) is 0 Å². The van der Waals surface area contributed by atoms with Crippen molar-refractivity contribution in [3.8, 4) is 11.5 Å². The number of amides is 2. The highest BCUT2D eigenvalue weighted by Crippen LogP contribution is 2.17. The molecule has 2 rings (SSSR count). The fraction of sp³-hybridized carbons (Fsp3) is 0.316. The molecule has 25 heavy (non-hydrogen) atoms. The zero-order valence-electron chi connectivity index (χ0n) is 14.5. The van der Waals surface area contributed by atoms with E-state index in [1.807, 2.05) is 48.5 Å². The SMILES string of the molecule is COc1ccc(OCCCNC(=O)N(C)Cc2ccc(Br)cc2)cc1. The summed E-state index contributed by atoms with van der Waals surface area (Å²) in [5.41, 5.74) is 1.09. The standard InChI is InChI=1S/C19H23BrN2O3/c1-22(14-15-4-6-16(20)7-5-15)19(23)21-12-3-13-25-18-10-8-17(24-2)9-11-18/h4-11H,3,12-14H2,1-2H3,(H,21,23). The molecule has 0 saturated heterocycles. The van der Waals surface area contributed by atoms with Crippen LogP contribution in [0.4, 0.5) is 4.79 Å². The fourth-order valence-corrected chi connectivity index (χ4v) is 2.46. The summed E-state index contributed by atoms with van der Waals surface area (Å²) in [4.78, 5) is 13.7. The van der Waals surface area contributed by atoms with Gasteiger partial charge in [-0.3, -0.25) is 0 Å². The first kappa shape index (κ1) is 19.1. The lowest BCUT2D eigenvalue weighted by Crippen LogP contribution is -2.37. The number of hydrogen-bond acceptors (Lipinski definition) is 3. The molecule has 134 valence electrons. The second-order valence-electron chi connectivity index (χ2n) is 5.59. The molecule has 0 aromatic heterocycles. The molecule has 2 amide bonds. The van der Waals surface area contributed by atoms with Crippen molar-refractivity contribution < 1.29 is 14.3 Å². The maximum atomic E-state index is 12.1. The first-order valence-electron chi connectivity index (χ1n) is 8.09. The van der Waals surface area contributed by atoms with Gasteiger partial charge in [-0.1, -0.05) is 28.1 Å². The van der Waals surface area contributed by atoms with Gasteiger partial charge in [0.15, 0.2) is 0 Å². The van der Waals surface area contributed by atoms with Crippen LogP contribution in [0.5, 0.6) is 11.5 Å². The van der Waals surface area contributed by atoms with Crippen molar-refractivity contribution in [2.75, 3.05) is 27.3 Å². The first-order valence-corrected chi connectivity index (χ1v) is 8.88. The second-order valence-corrected chi connectivity index (χ2v) is 6.51. The highest BCUT2D eigenvalue weighted by atomic mass is 79.9. The predicted molar refractivity (Wildman–Crippen MR) is 102 cm³/mol. The molecule has 0 unspecified atom stereocenters. The summed E-state index contributed by atoms with van der Waals surface area (Å²) < 4.78 is 11.8. The van der Waals surface area contributed by atoms with Crippen molar-refractivity contribution >= 4 is 22.0 Å². The normalized spacial score (nSPS) is 10.2. The number of carbonyl (C=O) groups is 1. The van der Waals surface area contributed by atoms with E-state index < -0.39 is 0 Å². The number of hydrogen-bond donors (Lipinski definition) is 1. The van der Waals surface area contributed by atoms with E-state index in [2.05, 4.69) is 21.2 Å². The molecule has 6 heteroatoms. The molecule has 0 saturated carbocycles. The molecule has 0 atom stereocenters. The van der Waals surface area contributed by atoms with Gasteiger partial charge in [0, 0.05) is 24.6 Å². The van der Waals surface area contributed by atoms with Gasteiger partial charge in [-0.2, -0.15) is 0 Å².